The first kappa shape index (κ1) is 19.9. The predicted molar refractivity (Wildman–Crippen MR) is 118 cm³/mol. The van der Waals surface area contributed by atoms with Crippen LogP contribution in [-0.4, -0.2) is 46.2 Å². The number of hydrogen-bond donors (Lipinski definition) is 3. The molecule has 7 heteroatoms. The van der Waals surface area contributed by atoms with Crippen molar-refractivity contribution in [2.75, 3.05) is 26.5 Å². The number of aliphatic hydroxyl groups excluding tert-OH is 1. The third kappa shape index (κ3) is 4.12. The van der Waals surface area contributed by atoms with E-state index in [0.29, 0.717) is 11.5 Å². The first-order valence-corrected chi connectivity index (χ1v) is 9.71. The van der Waals surface area contributed by atoms with Gasteiger partial charge in [-0.15, -0.1) is 0 Å². The first-order valence-electron chi connectivity index (χ1n) is 9.71. The second kappa shape index (κ2) is 8.52. The van der Waals surface area contributed by atoms with E-state index in [-0.39, 0.29) is 0 Å². The molecule has 0 spiro atoms. The van der Waals surface area contributed by atoms with Crippen molar-refractivity contribution in [3.05, 3.63) is 71.9 Å². The van der Waals surface area contributed by atoms with Crippen LogP contribution in [0.4, 0.5) is 5.69 Å². The second-order valence-corrected chi connectivity index (χ2v) is 7.36. The maximum absolute atomic E-state index is 10.9. The number of rotatable bonds is 7. The molecule has 0 aliphatic carbocycles. The molecule has 154 valence electrons. The molecule has 2 heterocycles. The molecule has 0 amide bonds. The van der Waals surface area contributed by atoms with Gasteiger partial charge in [0.1, 0.15) is 11.6 Å². The number of aromatic amines is 1. The Bertz CT molecular complexity index is 1120. The normalized spacial score (nSPS) is 12.3. The van der Waals surface area contributed by atoms with E-state index in [1.54, 1.807) is 13.3 Å². The lowest BCUT2D eigenvalue weighted by Gasteiger charge is -2.19. The molecule has 0 saturated heterocycles. The third-order valence-corrected chi connectivity index (χ3v) is 4.85. The third-order valence-electron chi connectivity index (χ3n) is 4.85. The Morgan fingerprint density at radius 2 is 1.97 bits per heavy atom. The number of para-hydroxylation sites is 1. The van der Waals surface area contributed by atoms with E-state index in [1.807, 2.05) is 68.7 Å². The fourth-order valence-corrected chi connectivity index (χ4v) is 3.42. The fourth-order valence-electron chi connectivity index (χ4n) is 3.42. The Kier molecular flexibility index (Phi) is 5.65. The SMILES string of the molecule is COc1cc(C(O)Nc2ccccc2-c2nc3ncccc3[nH]2)ccc1CN(C)C. The number of benzene rings is 2. The number of anilines is 1. The van der Waals surface area contributed by atoms with Gasteiger partial charge in [0.15, 0.2) is 11.9 Å². The molecule has 7 nitrogen and oxygen atoms in total. The van der Waals surface area contributed by atoms with Gasteiger partial charge in [-0.05, 0) is 44.4 Å². The number of fused-ring (bicyclic) bond motifs is 1. The highest BCUT2D eigenvalue weighted by Gasteiger charge is 2.15. The summed E-state index contributed by atoms with van der Waals surface area (Å²) in [5.74, 6) is 1.44. The smallest absolute Gasteiger partial charge is 0.178 e. The van der Waals surface area contributed by atoms with Gasteiger partial charge in [0.05, 0.1) is 12.6 Å². The molecule has 30 heavy (non-hydrogen) atoms. The zero-order chi connectivity index (χ0) is 21.1. The van der Waals surface area contributed by atoms with Gasteiger partial charge in [-0.2, -0.15) is 0 Å². The van der Waals surface area contributed by atoms with Crippen LogP contribution in [0.5, 0.6) is 5.75 Å². The van der Waals surface area contributed by atoms with E-state index >= 15 is 0 Å². The number of ether oxygens (including phenoxy) is 1. The molecule has 0 saturated carbocycles. The van der Waals surface area contributed by atoms with Gasteiger partial charge in [-0.25, -0.2) is 9.97 Å². The van der Waals surface area contributed by atoms with Crippen molar-refractivity contribution < 1.29 is 9.84 Å². The Labute approximate surface area is 175 Å². The van der Waals surface area contributed by atoms with Crippen LogP contribution >= 0.6 is 0 Å². The molecule has 4 aromatic rings. The Hall–Kier alpha value is -3.42. The van der Waals surface area contributed by atoms with E-state index in [0.717, 1.165) is 40.2 Å². The molecular weight excluding hydrogens is 378 g/mol. The predicted octanol–water partition coefficient (Wildman–Crippen LogP) is 3.80. The van der Waals surface area contributed by atoms with Crippen molar-refractivity contribution in [3.63, 3.8) is 0 Å². The van der Waals surface area contributed by atoms with Gasteiger partial charge >= 0.3 is 0 Å². The van der Waals surface area contributed by atoms with Gasteiger partial charge in [0.25, 0.3) is 0 Å². The van der Waals surface area contributed by atoms with Gasteiger partial charge in [0, 0.05) is 35.1 Å². The summed E-state index contributed by atoms with van der Waals surface area (Å²) >= 11 is 0. The summed E-state index contributed by atoms with van der Waals surface area (Å²) in [6.07, 6.45) is 0.810. The molecule has 0 bridgehead atoms. The van der Waals surface area contributed by atoms with Crippen LogP contribution < -0.4 is 10.1 Å². The number of aromatic nitrogens is 3. The highest BCUT2D eigenvalue weighted by atomic mass is 16.5. The van der Waals surface area contributed by atoms with E-state index in [9.17, 15) is 5.11 Å². The number of nitrogens with one attached hydrogen (secondary N) is 2. The molecule has 0 aliphatic rings. The zero-order valence-corrected chi connectivity index (χ0v) is 17.3. The van der Waals surface area contributed by atoms with Crippen LogP contribution in [0.3, 0.4) is 0 Å². The summed E-state index contributed by atoms with van der Waals surface area (Å²) in [5.41, 5.74) is 4.92. The highest BCUT2D eigenvalue weighted by Crippen LogP contribution is 2.31. The molecule has 4 rings (SSSR count). The minimum atomic E-state index is -0.907. The topological polar surface area (TPSA) is 86.3 Å². The number of aliphatic hydroxyl groups is 1. The molecule has 2 aromatic heterocycles. The molecule has 1 atom stereocenters. The molecule has 3 N–H and O–H groups in total. The van der Waals surface area contributed by atoms with Crippen LogP contribution in [0.15, 0.2) is 60.8 Å². The number of nitrogens with zero attached hydrogens (tertiary/aromatic N) is 3. The number of H-pyrrole nitrogens is 1. The van der Waals surface area contributed by atoms with Crippen molar-refractivity contribution in [1.29, 1.82) is 0 Å². The lowest BCUT2D eigenvalue weighted by Crippen LogP contribution is -2.13. The molecule has 2 aromatic carbocycles. The molecule has 0 aliphatic heterocycles. The molecule has 0 radical (unpaired) electrons. The largest absolute Gasteiger partial charge is 0.496 e. The quantitative estimate of drug-likeness (QED) is 0.407. The van der Waals surface area contributed by atoms with Crippen LogP contribution in [0.2, 0.25) is 0 Å². The summed E-state index contributed by atoms with van der Waals surface area (Å²) in [7, 11) is 5.66. The van der Waals surface area contributed by atoms with Gasteiger partial charge in [0.2, 0.25) is 0 Å². The van der Waals surface area contributed by atoms with Crippen molar-refractivity contribution in [1.82, 2.24) is 19.9 Å². The number of hydrogen-bond acceptors (Lipinski definition) is 6. The summed E-state index contributed by atoms with van der Waals surface area (Å²) < 4.78 is 5.53. The van der Waals surface area contributed by atoms with Crippen molar-refractivity contribution in [2.45, 2.75) is 12.8 Å². The molecular formula is C23H25N5O2. The van der Waals surface area contributed by atoms with Gasteiger partial charge in [-0.1, -0.05) is 24.3 Å². The number of imidazole rings is 1. The fraction of sp³-hybridized carbons (Fsp3) is 0.217. The van der Waals surface area contributed by atoms with E-state index < -0.39 is 6.23 Å². The average Bonchev–Trinajstić information content (AvgIpc) is 3.18. The summed E-state index contributed by atoms with van der Waals surface area (Å²) in [5, 5.41) is 14.0. The van der Waals surface area contributed by atoms with Crippen LogP contribution in [-0.2, 0) is 6.54 Å². The lowest BCUT2D eigenvalue weighted by molar-refractivity contribution is 0.207. The standard InChI is InChI=1S/C23H25N5O2/c1-28(2)14-16-11-10-15(13-20(16)30-3)23(29)26-18-8-5-4-7-17(18)21-25-19-9-6-12-24-22(19)27-21/h4-13,23,26,29H,14H2,1-3H3,(H,24,25,27). The maximum atomic E-state index is 10.9. The highest BCUT2D eigenvalue weighted by molar-refractivity contribution is 5.80. The average molecular weight is 403 g/mol. The number of pyridine rings is 1. The van der Waals surface area contributed by atoms with E-state index in [4.69, 9.17) is 4.74 Å². The lowest BCUT2D eigenvalue weighted by atomic mass is 10.1. The minimum absolute atomic E-state index is 0.657. The van der Waals surface area contributed by atoms with Gasteiger partial charge in [-0.3, -0.25) is 0 Å². The van der Waals surface area contributed by atoms with Crippen molar-refractivity contribution in [3.8, 4) is 17.1 Å². The van der Waals surface area contributed by atoms with E-state index in [1.165, 1.54) is 0 Å². The molecule has 1 unspecified atom stereocenters. The van der Waals surface area contributed by atoms with Crippen LogP contribution in [0.25, 0.3) is 22.6 Å². The number of methoxy groups -OCH3 is 1. The van der Waals surface area contributed by atoms with Crippen molar-refractivity contribution >= 4 is 16.9 Å². The first-order chi connectivity index (χ1) is 14.5. The van der Waals surface area contributed by atoms with E-state index in [2.05, 4.69) is 25.2 Å². The second-order valence-electron chi connectivity index (χ2n) is 7.36. The summed E-state index contributed by atoms with van der Waals surface area (Å²) in [4.78, 5) is 14.2. The summed E-state index contributed by atoms with van der Waals surface area (Å²) in [6.45, 7) is 0.760. The summed E-state index contributed by atoms with van der Waals surface area (Å²) in [6, 6.07) is 17.3. The Balaban J connectivity index is 1.62. The Morgan fingerprint density at radius 1 is 1.13 bits per heavy atom. The van der Waals surface area contributed by atoms with Gasteiger partial charge < -0.3 is 25.0 Å². The monoisotopic (exact) mass is 403 g/mol. The minimum Gasteiger partial charge on any atom is -0.496 e. The Morgan fingerprint density at radius 3 is 2.73 bits per heavy atom. The van der Waals surface area contributed by atoms with Crippen LogP contribution in [0.1, 0.15) is 17.4 Å². The molecule has 0 fully saturated rings. The van der Waals surface area contributed by atoms with Crippen LogP contribution in [0, 0.1) is 0 Å². The maximum Gasteiger partial charge on any atom is 0.178 e. The van der Waals surface area contributed by atoms with Crippen molar-refractivity contribution in [2.24, 2.45) is 0 Å². The zero-order valence-electron chi connectivity index (χ0n) is 17.3.